The first-order valence-electron chi connectivity index (χ1n) is 7.10. The molecular weight excluding hydrogens is 212 g/mol. The van der Waals surface area contributed by atoms with E-state index in [-0.39, 0.29) is 5.92 Å². The SMILES string of the molecule is CCC(CC)C(=CC1CC2CCC1C2)C(=O)O. The standard InChI is InChI=1S/C15H24O2/c1-3-11(4-2)14(15(16)17)9-13-8-10-5-6-12(13)7-10/h9-13H,3-8H2,1-2H3,(H,16,17). The van der Waals surface area contributed by atoms with E-state index in [9.17, 15) is 9.90 Å². The lowest BCUT2D eigenvalue weighted by Gasteiger charge is -2.21. The topological polar surface area (TPSA) is 37.3 Å². The molecule has 0 saturated heterocycles. The van der Waals surface area contributed by atoms with Crippen LogP contribution in [-0.2, 0) is 4.79 Å². The van der Waals surface area contributed by atoms with Crippen LogP contribution in [0.4, 0.5) is 0 Å². The van der Waals surface area contributed by atoms with E-state index in [0.717, 1.165) is 24.7 Å². The number of rotatable bonds is 5. The largest absolute Gasteiger partial charge is 0.478 e. The van der Waals surface area contributed by atoms with Gasteiger partial charge in [-0.1, -0.05) is 26.3 Å². The minimum absolute atomic E-state index is 0.242. The lowest BCUT2D eigenvalue weighted by molar-refractivity contribution is -0.133. The Labute approximate surface area is 104 Å². The number of allylic oxidation sites excluding steroid dienone is 1. The highest BCUT2D eigenvalue weighted by atomic mass is 16.4. The van der Waals surface area contributed by atoms with Gasteiger partial charge in [-0.3, -0.25) is 0 Å². The molecule has 2 saturated carbocycles. The summed E-state index contributed by atoms with van der Waals surface area (Å²) in [5, 5.41) is 9.37. The first kappa shape index (κ1) is 12.7. The van der Waals surface area contributed by atoms with Gasteiger partial charge in [-0.2, -0.15) is 0 Å². The summed E-state index contributed by atoms with van der Waals surface area (Å²) in [5.41, 5.74) is 0.688. The predicted octanol–water partition coefficient (Wildman–Crippen LogP) is 3.87. The monoisotopic (exact) mass is 236 g/mol. The van der Waals surface area contributed by atoms with Gasteiger partial charge in [0.1, 0.15) is 0 Å². The molecule has 0 aromatic rings. The van der Waals surface area contributed by atoms with E-state index in [1.165, 1.54) is 25.7 Å². The van der Waals surface area contributed by atoms with Gasteiger partial charge in [-0.15, -0.1) is 0 Å². The van der Waals surface area contributed by atoms with Crippen molar-refractivity contribution < 1.29 is 9.90 Å². The molecule has 0 radical (unpaired) electrons. The molecule has 0 aromatic carbocycles. The van der Waals surface area contributed by atoms with Crippen molar-refractivity contribution >= 4 is 5.97 Å². The lowest BCUT2D eigenvalue weighted by atomic mass is 9.84. The van der Waals surface area contributed by atoms with Crippen molar-refractivity contribution in [2.45, 2.75) is 52.4 Å². The molecule has 2 nitrogen and oxygen atoms in total. The Hall–Kier alpha value is -0.790. The Morgan fingerprint density at radius 1 is 1.29 bits per heavy atom. The van der Waals surface area contributed by atoms with E-state index in [2.05, 4.69) is 19.9 Å². The molecule has 1 N–H and O–H groups in total. The Bertz CT molecular complexity index is 315. The van der Waals surface area contributed by atoms with Gasteiger partial charge in [0.15, 0.2) is 0 Å². The Morgan fingerprint density at radius 2 is 2.00 bits per heavy atom. The Balaban J connectivity index is 2.12. The van der Waals surface area contributed by atoms with E-state index < -0.39 is 5.97 Å². The number of hydrogen-bond acceptors (Lipinski definition) is 1. The van der Waals surface area contributed by atoms with Crippen molar-refractivity contribution in [2.24, 2.45) is 23.7 Å². The fourth-order valence-electron chi connectivity index (χ4n) is 3.84. The summed E-state index contributed by atoms with van der Waals surface area (Å²) in [7, 11) is 0. The van der Waals surface area contributed by atoms with E-state index in [1.807, 2.05) is 0 Å². The molecule has 2 fully saturated rings. The Kier molecular flexibility index (Phi) is 3.90. The molecule has 0 spiro atoms. The maximum absolute atomic E-state index is 11.4. The third-order valence-corrected chi connectivity index (χ3v) is 4.86. The first-order chi connectivity index (χ1) is 8.15. The van der Waals surface area contributed by atoms with Crippen LogP contribution in [-0.4, -0.2) is 11.1 Å². The quantitative estimate of drug-likeness (QED) is 0.736. The normalized spacial score (nSPS) is 32.4. The number of hydrogen-bond donors (Lipinski definition) is 1. The molecule has 3 atom stereocenters. The third kappa shape index (κ3) is 2.56. The average Bonchev–Trinajstić information content (AvgIpc) is 2.90. The number of carboxylic acid groups (broad SMARTS) is 1. The van der Waals surface area contributed by atoms with Crippen molar-refractivity contribution in [2.75, 3.05) is 0 Å². The first-order valence-corrected chi connectivity index (χ1v) is 7.10. The van der Waals surface area contributed by atoms with E-state index in [0.29, 0.717) is 11.5 Å². The van der Waals surface area contributed by atoms with E-state index >= 15 is 0 Å². The van der Waals surface area contributed by atoms with Crippen LogP contribution in [0.1, 0.15) is 52.4 Å². The van der Waals surface area contributed by atoms with Crippen molar-refractivity contribution in [1.82, 2.24) is 0 Å². The van der Waals surface area contributed by atoms with Crippen LogP contribution in [0.2, 0.25) is 0 Å². The van der Waals surface area contributed by atoms with Crippen molar-refractivity contribution in [1.29, 1.82) is 0 Å². The highest BCUT2D eigenvalue weighted by Gasteiger charge is 2.39. The van der Waals surface area contributed by atoms with Crippen molar-refractivity contribution in [3.05, 3.63) is 11.6 Å². The molecule has 0 aliphatic heterocycles. The van der Waals surface area contributed by atoms with Crippen LogP contribution in [0.3, 0.4) is 0 Å². The van der Waals surface area contributed by atoms with Crippen LogP contribution in [0.15, 0.2) is 11.6 Å². The van der Waals surface area contributed by atoms with Crippen LogP contribution in [0.25, 0.3) is 0 Å². The second-order valence-corrected chi connectivity index (χ2v) is 5.78. The van der Waals surface area contributed by atoms with Crippen LogP contribution >= 0.6 is 0 Å². The summed E-state index contributed by atoms with van der Waals surface area (Å²) in [6, 6.07) is 0. The van der Waals surface area contributed by atoms with Crippen molar-refractivity contribution in [3.63, 3.8) is 0 Å². The average molecular weight is 236 g/mol. The molecular formula is C15H24O2. The fourth-order valence-corrected chi connectivity index (χ4v) is 3.84. The van der Waals surface area contributed by atoms with Gasteiger partial charge in [0, 0.05) is 5.57 Å². The number of carbonyl (C=O) groups is 1. The molecule has 2 bridgehead atoms. The molecule has 0 heterocycles. The molecule has 2 aliphatic rings. The second kappa shape index (κ2) is 5.24. The minimum Gasteiger partial charge on any atom is -0.478 e. The van der Waals surface area contributed by atoms with Gasteiger partial charge in [0.05, 0.1) is 0 Å². The highest BCUT2D eigenvalue weighted by molar-refractivity contribution is 5.87. The zero-order chi connectivity index (χ0) is 12.4. The fraction of sp³-hybridized carbons (Fsp3) is 0.800. The van der Waals surface area contributed by atoms with Gasteiger partial charge in [0.2, 0.25) is 0 Å². The van der Waals surface area contributed by atoms with Crippen LogP contribution < -0.4 is 0 Å². The third-order valence-electron chi connectivity index (χ3n) is 4.86. The molecule has 17 heavy (non-hydrogen) atoms. The Morgan fingerprint density at radius 3 is 2.41 bits per heavy atom. The van der Waals surface area contributed by atoms with Gasteiger partial charge >= 0.3 is 5.97 Å². The molecule has 3 unspecified atom stereocenters. The maximum atomic E-state index is 11.4. The smallest absolute Gasteiger partial charge is 0.331 e. The van der Waals surface area contributed by atoms with E-state index in [1.54, 1.807) is 0 Å². The van der Waals surface area contributed by atoms with Gasteiger partial charge in [-0.25, -0.2) is 4.79 Å². The van der Waals surface area contributed by atoms with Gasteiger partial charge < -0.3 is 5.11 Å². The zero-order valence-electron chi connectivity index (χ0n) is 11.0. The molecule has 96 valence electrons. The van der Waals surface area contributed by atoms with Gasteiger partial charge in [0.25, 0.3) is 0 Å². The van der Waals surface area contributed by atoms with Gasteiger partial charge in [-0.05, 0) is 55.8 Å². The summed E-state index contributed by atoms with van der Waals surface area (Å²) in [5.74, 6) is 1.77. The minimum atomic E-state index is -0.693. The predicted molar refractivity (Wildman–Crippen MR) is 68.7 cm³/mol. The molecule has 2 aliphatic carbocycles. The summed E-state index contributed by atoms with van der Waals surface area (Å²) in [6.45, 7) is 4.18. The summed E-state index contributed by atoms with van der Waals surface area (Å²) < 4.78 is 0. The molecule has 0 aromatic heterocycles. The lowest BCUT2D eigenvalue weighted by Crippen LogP contribution is -2.16. The molecule has 2 heteroatoms. The summed E-state index contributed by atoms with van der Waals surface area (Å²) in [6.07, 6.45) is 9.28. The molecule has 0 amide bonds. The van der Waals surface area contributed by atoms with E-state index in [4.69, 9.17) is 0 Å². The number of carboxylic acids is 1. The summed E-state index contributed by atoms with van der Waals surface area (Å²) in [4.78, 5) is 11.4. The zero-order valence-corrected chi connectivity index (χ0v) is 11.0. The van der Waals surface area contributed by atoms with Crippen LogP contribution in [0, 0.1) is 23.7 Å². The molecule has 2 rings (SSSR count). The number of fused-ring (bicyclic) bond motifs is 2. The number of aliphatic carboxylic acids is 1. The highest BCUT2D eigenvalue weighted by Crippen LogP contribution is 2.49. The summed E-state index contributed by atoms with van der Waals surface area (Å²) >= 11 is 0. The second-order valence-electron chi connectivity index (χ2n) is 5.78. The van der Waals surface area contributed by atoms with Crippen LogP contribution in [0.5, 0.6) is 0 Å². The van der Waals surface area contributed by atoms with Crippen molar-refractivity contribution in [3.8, 4) is 0 Å². The maximum Gasteiger partial charge on any atom is 0.331 e.